The molecule has 0 aliphatic carbocycles. The number of amides is 4. The van der Waals surface area contributed by atoms with Gasteiger partial charge in [0.1, 0.15) is 0 Å². The Kier molecular flexibility index (Phi) is 12.5. The average Bonchev–Trinajstić information content (AvgIpc) is 2.93. The maximum atomic E-state index is 12.9. The number of carbonyl (C=O) groups is 2. The van der Waals surface area contributed by atoms with Crippen LogP contribution in [0.25, 0.3) is 0 Å². The van der Waals surface area contributed by atoms with Crippen molar-refractivity contribution in [3.63, 3.8) is 0 Å². The van der Waals surface area contributed by atoms with Crippen LogP contribution in [-0.4, -0.2) is 36.7 Å². The lowest BCUT2D eigenvalue weighted by atomic mass is 9.93. The molecular formula is C24H36N4O4P2S2. The van der Waals surface area contributed by atoms with Gasteiger partial charge in [-0.3, -0.25) is 9.44 Å². The fraction of sp³-hybridized carbons (Fsp3) is 0.417. The molecule has 0 bridgehead atoms. The minimum Gasteiger partial charge on any atom is -0.328 e. The van der Waals surface area contributed by atoms with Crippen LogP contribution < -0.4 is 20.1 Å². The van der Waals surface area contributed by atoms with Crippen molar-refractivity contribution in [1.82, 2.24) is 20.1 Å². The number of carbonyl (C=O) groups excluding carboxylic acids is 2. The number of urea groups is 2. The van der Waals surface area contributed by atoms with Crippen molar-refractivity contribution in [2.24, 2.45) is 0 Å². The lowest BCUT2D eigenvalue weighted by molar-refractivity contribution is 0.230. The Morgan fingerprint density at radius 2 is 0.944 bits per heavy atom. The number of hydrogen-bond donors (Lipinski definition) is 4. The first-order chi connectivity index (χ1) is 17.2. The van der Waals surface area contributed by atoms with E-state index in [1.165, 1.54) is 0 Å². The lowest BCUT2D eigenvalue weighted by Gasteiger charge is -2.30. The highest BCUT2D eigenvalue weighted by Crippen LogP contribution is 2.56. The summed E-state index contributed by atoms with van der Waals surface area (Å²) in [7, 11) is 0. The smallest absolute Gasteiger partial charge is 0.325 e. The average molecular weight is 571 g/mol. The van der Waals surface area contributed by atoms with Crippen molar-refractivity contribution in [2.45, 2.75) is 39.8 Å². The van der Waals surface area contributed by atoms with E-state index in [2.05, 4.69) is 20.1 Å². The van der Waals surface area contributed by atoms with E-state index in [0.717, 1.165) is 34.3 Å². The second kappa shape index (κ2) is 14.8. The SMILES string of the molecule is CCP(=O)(CC)SNC(=O)NC(c1ccccc1)C(NC(=O)NSP(=O)(CC)CC)c1ccccc1. The molecule has 2 rings (SSSR count). The molecule has 8 nitrogen and oxygen atoms in total. The maximum Gasteiger partial charge on any atom is 0.325 e. The van der Waals surface area contributed by atoms with E-state index in [4.69, 9.17) is 0 Å². The van der Waals surface area contributed by atoms with Crippen LogP contribution in [-0.2, 0) is 9.13 Å². The van der Waals surface area contributed by atoms with Crippen molar-refractivity contribution < 1.29 is 18.7 Å². The standard InChI is InChI=1S/C24H36N4O4P2S2/c1-5-33(31,6-2)35-27-23(29)25-21(19-15-11-9-12-16-19)22(20-17-13-10-14-18-20)26-24(30)28-36-34(32,7-3)8-4/h9-18,21-22H,5-8H2,1-4H3,(H2,25,27,29)(H2,26,28,30). The molecule has 36 heavy (non-hydrogen) atoms. The third-order valence-corrected chi connectivity index (χ3v) is 16.5. The third-order valence-electron chi connectivity index (χ3n) is 5.76. The second-order valence-corrected chi connectivity index (χ2v) is 19.7. The van der Waals surface area contributed by atoms with Gasteiger partial charge in [-0.15, -0.1) is 0 Å². The molecule has 0 aliphatic rings. The Labute approximate surface area is 222 Å². The van der Waals surface area contributed by atoms with Gasteiger partial charge in [0.2, 0.25) is 0 Å². The van der Waals surface area contributed by atoms with Gasteiger partial charge in [-0.25, -0.2) is 9.59 Å². The molecule has 12 heteroatoms. The zero-order chi connectivity index (χ0) is 26.6. The fourth-order valence-corrected chi connectivity index (χ4v) is 8.41. The normalized spacial score (nSPS) is 13.3. The van der Waals surface area contributed by atoms with Crippen LogP contribution in [0.2, 0.25) is 0 Å². The number of benzene rings is 2. The summed E-state index contributed by atoms with van der Waals surface area (Å²) < 4.78 is 30.8. The molecule has 0 fully saturated rings. The number of nitrogens with one attached hydrogen (secondary N) is 4. The van der Waals surface area contributed by atoms with Crippen LogP contribution in [0.4, 0.5) is 9.59 Å². The molecule has 0 spiro atoms. The van der Waals surface area contributed by atoms with Crippen molar-refractivity contribution in [3.8, 4) is 0 Å². The van der Waals surface area contributed by atoms with Gasteiger partial charge in [0.15, 0.2) is 12.7 Å². The third kappa shape index (κ3) is 9.22. The first-order valence-corrected chi connectivity index (χ1v) is 18.9. The quantitative estimate of drug-likeness (QED) is 0.152. The van der Waals surface area contributed by atoms with Crippen molar-refractivity contribution in [2.75, 3.05) is 24.6 Å². The highest BCUT2D eigenvalue weighted by molar-refractivity contribution is 8.57. The lowest BCUT2D eigenvalue weighted by Crippen LogP contribution is -2.44. The highest BCUT2D eigenvalue weighted by atomic mass is 32.7. The number of hydrogen-bond acceptors (Lipinski definition) is 6. The van der Waals surface area contributed by atoms with E-state index in [9.17, 15) is 18.7 Å². The fourth-order valence-electron chi connectivity index (χ4n) is 3.34. The Hall–Kier alpha value is -1.86. The molecular weight excluding hydrogens is 534 g/mol. The van der Waals surface area contributed by atoms with Gasteiger partial charge in [0, 0.05) is 47.8 Å². The predicted molar refractivity (Wildman–Crippen MR) is 154 cm³/mol. The summed E-state index contributed by atoms with van der Waals surface area (Å²) >= 11 is 1.93. The van der Waals surface area contributed by atoms with Crippen LogP contribution in [0.15, 0.2) is 60.7 Å². The highest BCUT2D eigenvalue weighted by Gasteiger charge is 2.30. The van der Waals surface area contributed by atoms with Gasteiger partial charge in [0.05, 0.1) is 12.1 Å². The molecule has 0 saturated carbocycles. The van der Waals surface area contributed by atoms with Gasteiger partial charge in [-0.05, 0) is 11.1 Å². The van der Waals surface area contributed by atoms with Crippen LogP contribution in [0.5, 0.6) is 0 Å². The first-order valence-electron chi connectivity index (χ1n) is 11.9. The summed E-state index contributed by atoms with van der Waals surface area (Å²) in [4.78, 5) is 25.9. The van der Waals surface area contributed by atoms with Crippen LogP contribution >= 0.6 is 35.8 Å². The molecule has 2 unspecified atom stereocenters. The van der Waals surface area contributed by atoms with E-state index in [1.54, 1.807) is 0 Å². The minimum atomic E-state index is -2.55. The van der Waals surface area contributed by atoms with Crippen molar-refractivity contribution in [1.29, 1.82) is 0 Å². The Balaban J connectivity index is 2.32. The summed E-state index contributed by atoms with van der Waals surface area (Å²) in [6.07, 6.45) is -3.20. The van der Waals surface area contributed by atoms with Gasteiger partial charge >= 0.3 is 12.1 Å². The van der Waals surface area contributed by atoms with Crippen molar-refractivity contribution >= 4 is 47.9 Å². The summed E-state index contributed by atoms with van der Waals surface area (Å²) in [6.45, 7) is 7.36. The monoisotopic (exact) mass is 570 g/mol. The van der Waals surface area contributed by atoms with E-state index in [0.29, 0.717) is 24.6 Å². The Morgan fingerprint density at radius 3 is 1.22 bits per heavy atom. The molecule has 198 valence electrons. The van der Waals surface area contributed by atoms with E-state index >= 15 is 0 Å². The largest absolute Gasteiger partial charge is 0.328 e. The molecule has 2 atom stereocenters. The molecule has 0 saturated heterocycles. The summed E-state index contributed by atoms with van der Waals surface area (Å²) in [5.74, 6) is 0. The van der Waals surface area contributed by atoms with Crippen molar-refractivity contribution in [3.05, 3.63) is 71.8 Å². The van der Waals surface area contributed by atoms with Gasteiger partial charge in [-0.1, -0.05) is 88.4 Å². The summed E-state index contributed by atoms with van der Waals surface area (Å²) in [5.41, 5.74) is 1.56. The van der Waals surface area contributed by atoms with E-state index in [1.807, 2.05) is 88.4 Å². The summed E-state index contributed by atoms with van der Waals surface area (Å²) in [6, 6.07) is 16.4. The minimum absolute atomic E-state index is 0.474. The predicted octanol–water partition coefficient (Wildman–Crippen LogP) is 7.00. The van der Waals surface area contributed by atoms with Gasteiger partial charge in [-0.2, -0.15) is 0 Å². The Morgan fingerprint density at radius 1 is 0.639 bits per heavy atom. The zero-order valence-electron chi connectivity index (χ0n) is 21.1. The zero-order valence-corrected chi connectivity index (χ0v) is 24.5. The molecule has 4 amide bonds. The molecule has 4 N–H and O–H groups in total. The second-order valence-electron chi connectivity index (χ2n) is 8.00. The van der Waals surface area contributed by atoms with Crippen LogP contribution in [0, 0.1) is 0 Å². The molecule has 0 aromatic heterocycles. The van der Waals surface area contributed by atoms with Gasteiger partial charge < -0.3 is 19.8 Å². The summed E-state index contributed by atoms with van der Waals surface area (Å²) in [5, 5.41) is 5.91. The van der Waals surface area contributed by atoms with Gasteiger partial charge in [0.25, 0.3) is 0 Å². The molecule has 2 aromatic rings. The molecule has 0 aliphatic heterocycles. The van der Waals surface area contributed by atoms with Crippen LogP contribution in [0.1, 0.15) is 50.9 Å². The maximum absolute atomic E-state index is 12.9. The molecule has 2 aromatic carbocycles. The first kappa shape index (κ1) is 30.4. The van der Waals surface area contributed by atoms with Crippen LogP contribution in [0.3, 0.4) is 0 Å². The number of rotatable bonds is 13. The molecule has 0 heterocycles. The van der Waals surface area contributed by atoms with E-state index in [-0.39, 0.29) is 0 Å². The topological polar surface area (TPSA) is 116 Å². The molecule has 0 radical (unpaired) electrons. The Bertz CT molecular complexity index is 975. The van der Waals surface area contributed by atoms with E-state index < -0.39 is 36.8 Å².